The minimum Gasteiger partial charge on any atom is -0.489 e. The van der Waals surface area contributed by atoms with Crippen LogP contribution in [0.2, 0.25) is 0 Å². The van der Waals surface area contributed by atoms with E-state index < -0.39 is 0 Å². The highest BCUT2D eigenvalue weighted by Gasteiger charge is 2.17. The smallest absolute Gasteiger partial charge is 0.155 e. The monoisotopic (exact) mass is 390 g/mol. The topological polar surface area (TPSA) is 68.3 Å². The quantitative estimate of drug-likeness (QED) is 0.509. The Hall–Kier alpha value is -3.32. The molecule has 4 aromatic rings. The van der Waals surface area contributed by atoms with Crippen molar-refractivity contribution >= 4 is 39.4 Å². The molecule has 0 aliphatic carbocycles. The molecule has 2 aromatic carbocycles. The molecule has 1 aliphatic rings. The summed E-state index contributed by atoms with van der Waals surface area (Å²) in [7, 11) is 0. The second-order valence-electron chi connectivity index (χ2n) is 6.35. The fourth-order valence-electron chi connectivity index (χ4n) is 3.17. The van der Waals surface area contributed by atoms with E-state index in [-0.39, 0.29) is 0 Å². The maximum atomic E-state index is 5.90. The lowest BCUT2D eigenvalue weighted by molar-refractivity contribution is 0.310. The number of benzene rings is 2. The lowest BCUT2D eigenvalue weighted by Crippen LogP contribution is -2.18. The highest BCUT2D eigenvalue weighted by Crippen LogP contribution is 2.39. The lowest BCUT2D eigenvalue weighted by Gasteiger charge is -2.21. The standard InChI is InChI=1S/C21H18N4O2S/c1-2-16(28-11-1)12-27-15-5-3-14(4-6-15)25-21-19-17(23-13-24-21)7-8-18-20(19)26-10-9-22-18/h1-8,11,13,22H,9-10,12H2,(H,23,24,25). The van der Waals surface area contributed by atoms with E-state index >= 15 is 0 Å². The molecule has 7 heteroatoms. The maximum absolute atomic E-state index is 5.90. The highest BCUT2D eigenvalue weighted by molar-refractivity contribution is 7.09. The number of fused-ring (bicyclic) bond motifs is 3. The van der Waals surface area contributed by atoms with Gasteiger partial charge in [0.15, 0.2) is 5.75 Å². The number of hydrogen-bond acceptors (Lipinski definition) is 7. The molecule has 0 atom stereocenters. The van der Waals surface area contributed by atoms with Gasteiger partial charge in [0.1, 0.15) is 31.1 Å². The highest BCUT2D eigenvalue weighted by atomic mass is 32.1. The fraction of sp³-hybridized carbons (Fsp3) is 0.143. The number of nitrogens with zero attached hydrogens (tertiary/aromatic N) is 2. The average Bonchev–Trinajstić information content (AvgIpc) is 3.27. The molecule has 140 valence electrons. The van der Waals surface area contributed by atoms with Gasteiger partial charge in [-0.05, 0) is 47.8 Å². The zero-order valence-corrected chi connectivity index (χ0v) is 15.8. The molecule has 2 N–H and O–H groups in total. The van der Waals surface area contributed by atoms with Gasteiger partial charge in [0.2, 0.25) is 0 Å². The van der Waals surface area contributed by atoms with Crippen molar-refractivity contribution in [1.82, 2.24) is 9.97 Å². The predicted molar refractivity (Wildman–Crippen MR) is 112 cm³/mol. The van der Waals surface area contributed by atoms with Crippen molar-refractivity contribution in [1.29, 1.82) is 0 Å². The van der Waals surface area contributed by atoms with Crippen molar-refractivity contribution in [3.8, 4) is 11.5 Å². The van der Waals surface area contributed by atoms with Crippen LogP contribution >= 0.6 is 11.3 Å². The Balaban J connectivity index is 1.39. The summed E-state index contributed by atoms with van der Waals surface area (Å²) in [6.45, 7) is 2.00. The Morgan fingerprint density at radius 1 is 1.11 bits per heavy atom. The van der Waals surface area contributed by atoms with E-state index in [1.165, 1.54) is 4.88 Å². The van der Waals surface area contributed by atoms with Gasteiger partial charge >= 0.3 is 0 Å². The first-order chi connectivity index (χ1) is 13.9. The molecule has 0 saturated carbocycles. The summed E-state index contributed by atoms with van der Waals surface area (Å²) < 4.78 is 11.7. The minimum atomic E-state index is 0.581. The first-order valence-electron chi connectivity index (χ1n) is 9.03. The summed E-state index contributed by atoms with van der Waals surface area (Å²) in [6, 6.07) is 15.9. The van der Waals surface area contributed by atoms with E-state index in [1.54, 1.807) is 17.7 Å². The van der Waals surface area contributed by atoms with Crippen molar-refractivity contribution in [2.75, 3.05) is 23.8 Å². The van der Waals surface area contributed by atoms with E-state index in [0.29, 0.717) is 13.2 Å². The van der Waals surface area contributed by atoms with Crippen molar-refractivity contribution in [3.63, 3.8) is 0 Å². The molecule has 3 heterocycles. The van der Waals surface area contributed by atoms with Crippen molar-refractivity contribution in [2.45, 2.75) is 6.61 Å². The van der Waals surface area contributed by atoms with Gasteiger partial charge in [-0.2, -0.15) is 0 Å². The van der Waals surface area contributed by atoms with Crippen molar-refractivity contribution in [2.24, 2.45) is 0 Å². The third-order valence-corrected chi connectivity index (χ3v) is 5.35. The zero-order valence-electron chi connectivity index (χ0n) is 15.0. The van der Waals surface area contributed by atoms with Crippen molar-refractivity contribution in [3.05, 3.63) is 65.1 Å². The van der Waals surface area contributed by atoms with Gasteiger partial charge in [-0.25, -0.2) is 9.97 Å². The molecule has 0 fully saturated rings. The van der Waals surface area contributed by atoms with Crippen molar-refractivity contribution < 1.29 is 9.47 Å². The molecule has 0 radical (unpaired) electrons. The Morgan fingerprint density at radius 3 is 2.89 bits per heavy atom. The van der Waals surface area contributed by atoms with E-state index in [0.717, 1.165) is 46.1 Å². The first kappa shape index (κ1) is 16.8. The molecule has 6 nitrogen and oxygen atoms in total. The number of nitrogens with one attached hydrogen (secondary N) is 2. The number of aromatic nitrogens is 2. The van der Waals surface area contributed by atoms with Crippen LogP contribution < -0.4 is 20.1 Å². The van der Waals surface area contributed by atoms with E-state index in [4.69, 9.17) is 9.47 Å². The van der Waals surface area contributed by atoms with Crippen LogP contribution in [0.4, 0.5) is 17.2 Å². The number of anilines is 3. The van der Waals surface area contributed by atoms with Crippen LogP contribution in [-0.4, -0.2) is 23.1 Å². The molecule has 0 spiro atoms. The van der Waals surface area contributed by atoms with E-state index in [1.807, 2.05) is 42.5 Å². The van der Waals surface area contributed by atoms with Gasteiger partial charge in [0.05, 0.1) is 16.6 Å². The Labute approximate surface area is 166 Å². The van der Waals surface area contributed by atoms with Gasteiger partial charge in [0, 0.05) is 17.1 Å². The molecule has 28 heavy (non-hydrogen) atoms. The minimum absolute atomic E-state index is 0.581. The van der Waals surface area contributed by atoms with Crippen LogP contribution in [0.25, 0.3) is 10.9 Å². The third-order valence-electron chi connectivity index (χ3n) is 4.50. The molecule has 0 unspecified atom stereocenters. The molecular formula is C21H18N4O2S. The first-order valence-corrected chi connectivity index (χ1v) is 9.91. The average molecular weight is 390 g/mol. The second-order valence-corrected chi connectivity index (χ2v) is 7.38. The lowest BCUT2D eigenvalue weighted by atomic mass is 10.1. The number of thiophene rings is 1. The van der Waals surface area contributed by atoms with Gasteiger partial charge < -0.3 is 20.1 Å². The van der Waals surface area contributed by atoms with E-state index in [2.05, 4.69) is 32.0 Å². The number of hydrogen-bond donors (Lipinski definition) is 2. The third kappa shape index (κ3) is 3.32. The molecule has 2 aromatic heterocycles. The summed E-state index contributed by atoms with van der Waals surface area (Å²) >= 11 is 1.69. The van der Waals surface area contributed by atoms with Crippen LogP contribution in [0.3, 0.4) is 0 Å². The summed E-state index contributed by atoms with van der Waals surface area (Å²) in [4.78, 5) is 10.0. The Kier molecular flexibility index (Phi) is 4.42. The largest absolute Gasteiger partial charge is 0.489 e. The number of rotatable bonds is 5. The molecule has 1 aliphatic heterocycles. The predicted octanol–water partition coefficient (Wildman–Crippen LogP) is 4.82. The van der Waals surface area contributed by atoms with Crippen LogP contribution in [0.15, 0.2) is 60.2 Å². The van der Waals surface area contributed by atoms with Crippen LogP contribution in [-0.2, 0) is 6.61 Å². The molecule has 0 bridgehead atoms. The van der Waals surface area contributed by atoms with Crippen LogP contribution in [0.5, 0.6) is 11.5 Å². The molecule has 0 amide bonds. The fourth-order valence-corrected chi connectivity index (χ4v) is 3.78. The normalized spacial score (nSPS) is 12.7. The summed E-state index contributed by atoms with van der Waals surface area (Å²) in [6.07, 6.45) is 1.56. The zero-order chi connectivity index (χ0) is 18.8. The second kappa shape index (κ2) is 7.36. The van der Waals surface area contributed by atoms with Crippen LogP contribution in [0, 0.1) is 0 Å². The SMILES string of the molecule is c1csc(COc2ccc(Nc3ncnc4ccc5c(c34)OCCN5)cc2)c1. The van der Waals surface area contributed by atoms with Gasteiger partial charge in [-0.15, -0.1) is 11.3 Å². The molecular weight excluding hydrogens is 372 g/mol. The Morgan fingerprint density at radius 2 is 2.04 bits per heavy atom. The van der Waals surface area contributed by atoms with Gasteiger partial charge in [0.25, 0.3) is 0 Å². The van der Waals surface area contributed by atoms with Gasteiger partial charge in [-0.3, -0.25) is 0 Å². The maximum Gasteiger partial charge on any atom is 0.155 e. The van der Waals surface area contributed by atoms with E-state index in [9.17, 15) is 0 Å². The summed E-state index contributed by atoms with van der Waals surface area (Å²) in [5.74, 6) is 2.34. The summed E-state index contributed by atoms with van der Waals surface area (Å²) in [5.41, 5.74) is 2.73. The van der Waals surface area contributed by atoms with Gasteiger partial charge in [-0.1, -0.05) is 6.07 Å². The Bertz CT molecular complexity index is 1100. The molecule has 5 rings (SSSR count). The number of ether oxygens (including phenoxy) is 2. The summed E-state index contributed by atoms with van der Waals surface area (Å²) in [5, 5.41) is 9.67. The molecule has 0 saturated heterocycles. The van der Waals surface area contributed by atoms with Crippen LogP contribution in [0.1, 0.15) is 4.88 Å².